The minimum Gasteiger partial charge on any atom is -0.463 e. The molecule has 0 aliphatic carbocycles. The SMILES string of the molecule is c1ccc2c(c1)ccc1c(-c3c4ccccc4c(-c4ccc5c(c4)oc4ccccc45)c4ccccc34)coc12. The monoisotopic (exact) mass is 510 g/mol. The highest BCUT2D eigenvalue weighted by Crippen LogP contribution is 2.47. The summed E-state index contributed by atoms with van der Waals surface area (Å²) in [6, 6.07) is 45.1. The molecule has 0 unspecified atom stereocenters. The highest BCUT2D eigenvalue weighted by molar-refractivity contribution is 6.24. The van der Waals surface area contributed by atoms with Gasteiger partial charge >= 0.3 is 0 Å². The largest absolute Gasteiger partial charge is 0.463 e. The summed E-state index contributed by atoms with van der Waals surface area (Å²) in [7, 11) is 0. The molecule has 40 heavy (non-hydrogen) atoms. The average Bonchev–Trinajstić information content (AvgIpc) is 3.61. The lowest BCUT2D eigenvalue weighted by Gasteiger charge is -2.17. The third-order valence-corrected chi connectivity index (χ3v) is 8.33. The van der Waals surface area contributed by atoms with Crippen LogP contribution in [0, 0.1) is 0 Å². The van der Waals surface area contributed by atoms with E-state index < -0.39 is 0 Å². The topological polar surface area (TPSA) is 26.3 Å². The third kappa shape index (κ3) is 2.93. The first kappa shape index (κ1) is 21.6. The second-order valence-corrected chi connectivity index (χ2v) is 10.5. The van der Waals surface area contributed by atoms with E-state index in [1.54, 1.807) is 0 Å². The molecule has 2 heteroatoms. The van der Waals surface area contributed by atoms with Gasteiger partial charge in [-0.2, -0.15) is 0 Å². The van der Waals surface area contributed by atoms with Crippen molar-refractivity contribution in [1.82, 2.24) is 0 Å². The average molecular weight is 511 g/mol. The van der Waals surface area contributed by atoms with Gasteiger partial charge in [0.25, 0.3) is 0 Å². The normalized spacial score (nSPS) is 12.0. The summed E-state index contributed by atoms with van der Waals surface area (Å²) in [5, 5.41) is 10.6. The van der Waals surface area contributed by atoms with Gasteiger partial charge in [-0.25, -0.2) is 0 Å². The van der Waals surface area contributed by atoms with E-state index in [-0.39, 0.29) is 0 Å². The van der Waals surface area contributed by atoms with E-state index in [1.165, 1.54) is 38.1 Å². The summed E-state index contributed by atoms with van der Waals surface area (Å²) in [6.07, 6.45) is 1.94. The number of fused-ring (bicyclic) bond motifs is 8. The molecule has 0 aliphatic heterocycles. The molecule has 2 heterocycles. The van der Waals surface area contributed by atoms with Crippen LogP contribution in [0.1, 0.15) is 0 Å². The molecule has 0 saturated carbocycles. The predicted octanol–water partition coefficient (Wildman–Crippen LogP) is 11.1. The van der Waals surface area contributed by atoms with Crippen molar-refractivity contribution in [3.63, 3.8) is 0 Å². The van der Waals surface area contributed by atoms with Crippen LogP contribution in [0.4, 0.5) is 0 Å². The van der Waals surface area contributed by atoms with E-state index in [0.717, 1.165) is 49.4 Å². The van der Waals surface area contributed by atoms with Crippen molar-refractivity contribution in [2.24, 2.45) is 0 Å². The summed E-state index contributed by atoms with van der Waals surface area (Å²) in [5.41, 5.74) is 7.44. The van der Waals surface area contributed by atoms with Crippen LogP contribution in [0.15, 0.2) is 142 Å². The second-order valence-electron chi connectivity index (χ2n) is 10.5. The van der Waals surface area contributed by atoms with E-state index in [9.17, 15) is 0 Å². The smallest absolute Gasteiger partial charge is 0.142 e. The van der Waals surface area contributed by atoms with Crippen LogP contribution in [-0.2, 0) is 0 Å². The summed E-state index contributed by atoms with van der Waals surface area (Å²) in [5.74, 6) is 0. The molecule has 0 amide bonds. The minimum atomic E-state index is 0.906. The summed E-state index contributed by atoms with van der Waals surface area (Å²) < 4.78 is 12.6. The number of furan rings is 2. The van der Waals surface area contributed by atoms with Crippen LogP contribution in [0.25, 0.3) is 87.5 Å². The van der Waals surface area contributed by atoms with Gasteiger partial charge in [-0.15, -0.1) is 0 Å². The van der Waals surface area contributed by atoms with Gasteiger partial charge in [-0.1, -0.05) is 103 Å². The Morgan fingerprint density at radius 2 is 0.975 bits per heavy atom. The quantitative estimate of drug-likeness (QED) is 0.216. The zero-order valence-electron chi connectivity index (χ0n) is 21.5. The van der Waals surface area contributed by atoms with Crippen molar-refractivity contribution in [2.75, 3.05) is 0 Å². The van der Waals surface area contributed by atoms with Crippen LogP contribution in [0.2, 0.25) is 0 Å². The lowest BCUT2D eigenvalue weighted by atomic mass is 9.85. The maximum Gasteiger partial charge on any atom is 0.142 e. The Hall–Kier alpha value is -5.34. The zero-order valence-corrected chi connectivity index (χ0v) is 21.5. The molecule has 0 fully saturated rings. The van der Waals surface area contributed by atoms with Crippen LogP contribution < -0.4 is 0 Å². The fraction of sp³-hybridized carbons (Fsp3) is 0. The van der Waals surface area contributed by atoms with Crippen molar-refractivity contribution >= 4 is 65.2 Å². The standard InChI is InChI=1S/C38H22O2/c1-2-10-25-23(9-1)17-20-32-33(22-39-38(25)32)37-30-14-5-3-12-28(30)36(29-13-4-6-15-31(29)37)24-18-19-27-26-11-7-8-16-34(26)40-35(27)21-24/h1-22H. The number of hydrogen-bond donors (Lipinski definition) is 0. The number of para-hydroxylation sites is 1. The maximum absolute atomic E-state index is 6.29. The van der Waals surface area contributed by atoms with Crippen molar-refractivity contribution in [2.45, 2.75) is 0 Å². The van der Waals surface area contributed by atoms with Gasteiger partial charge in [-0.05, 0) is 62.3 Å². The van der Waals surface area contributed by atoms with E-state index in [2.05, 4.69) is 115 Å². The Labute approximate surface area is 229 Å². The zero-order chi connectivity index (χ0) is 26.2. The minimum absolute atomic E-state index is 0.906. The molecular weight excluding hydrogens is 488 g/mol. The fourth-order valence-electron chi connectivity index (χ4n) is 6.57. The number of rotatable bonds is 2. The van der Waals surface area contributed by atoms with Gasteiger partial charge in [0.05, 0.1) is 6.26 Å². The molecule has 9 rings (SSSR count). The molecule has 0 spiro atoms. The predicted molar refractivity (Wildman–Crippen MR) is 167 cm³/mol. The first-order valence-corrected chi connectivity index (χ1v) is 13.6. The van der Waals surface area contributed by atoms with Crippen LogP contribution in [0.3, 0.4) is 0 Å². The fourth-order valence-corrected chi connectivity index (χ4v) is 6.57. The second kappa shape index (κ2) is 8.08. The van der Waals surface area contributed by atoms with Gasteiger partial charge in [0, 0.05) is 32.7 Å². The molecule has 7 aromatic carbocycles. The molecule has 2 aromatic heterocycles. The summed E-state index contributed by atoms with van der Waals surface area (Å²) in [6.45, 7) is 0. The van der Waals surface area contributed by atoms with Gasteiger partial charge < -0.3 is 8.83 Å². The maximum atomic E-state index is 6.29. The van der Waals surface area contributed by atoms with Gasteiger partial charge in [0.1, 0.15) is 16.7 Å². The lowest BCUT2D eigenvalue weighted by Crippen LogP contribution is -1.90. The van der Waals surface area contributed by atoms with Crippen molar-refractivity contribution in [1.29, 1.82) is 0 Å². The van der Waals surface area contributed by atoms with Crippen molar-refractivity contribution < 1.29 is 8.83 Å². The molecule has 0 bridgehead atoms. The Morgan fingerprint density at radius 1 is 0.400 bits per heavy atom. The number of hydrogen-bond acceptors (Lipinski definition) is 2. The van der Waals surface area contributed by atoms with E-state index in [4.69, 9.17) is 8.83 Å². The van der Waals surface area contributed by atoms with Crippen molar-refractivity contribution in [3.05, 3.63) is 134 Å². The molecule has 0 atom stereocenters. The highest BCUT2D eigenvalue weighted by Gasteiger charge is 2.20. The third-order valence-electron chi connectivity index (χ3n) is 8.33. The van der Waals surface area contributed by atoms with Gasteiger partial charge in [0.2, 0.25) is 0 Å². The molecule has 0 N–H and O–H groups in total. The van der Waals surface area contributed by atoms with Crippen LogP contribution >= 0.6 is 0 Å². The van der Waals surface area contributed by atoms with Crippen LogP contribution in [-0.4, -0.2) is 0 Å². The molecule has 2 nitrogen and oxygen atoms in total. The molecule has 186 valence electrons. The Bertz CT molecular complexity index is 2380. The summed E-state index contributed by atoms with van der Waals surface area (Å²) in [4.78, 5) is 0. The first-order chi connectivity index (χ1) is 19.8. The highest BCUT2D eigenvalue weighted by atomic mass is 16.3. The molecule has 0 aliphatic rings. The van der Waals surface area contributed by atoms with E-state index in [0.29, 0.717) is 0 Å². The lowest BCUT2D eigenvalue weighted by molar-refractivity contribution is 0.620. The van der Waals surface area contributed by atoms with Gasteiger partial charge in [0.15, 0.2) is 0 Å². The molecule has 0 radical (unpaired) electrons. The van der Waals surface area contributed by atoms with E-state index >= 15 is 0 Å². The Balaban J connectivity index is 1.38. The van der Waals surface area contributed by atoms with Crippen LogP contribution in [0.5, 0.6) is 0 Å². The summed E-state index contributed by atoms with van der Waals surface area (Å²) >= 11 is 0. The molecule has 9 aromatic rings. The Kier molecular flexibility index (Phi) is 4.36. The van der Waals surface area contributed by atoms with Crippen molar-refractivity contribution in [3.8, 4) is 22.3 Å². The van der Waals surface area contributed by atoms with E-state index in [1.807, 2.05) is 18.4 Å². The molecular formula is C38H22O2. The molecule has 0 saturated heterocycles. The first-order valence-electron chi connectivity index (χ1n) is 13.6. The Morgan fingerprint density at radius 3 is 1.73 bits per heavy atom. The van der Waals surface area contributed by atoms with Gasteiger partial charge in [-0.3, -0.25) is 0 Å². The number of benzene rings is 7.